The lowest BCUT2D eigenvalue weighted by Gasteiger charge is -2.46. The fourth-order valence-corrected chi connectivity index (χ4v) is 6.62. The average molecular weight is 759 g/mol. The zero-order chi connectivity index (χ0) is 38.5. The number of phenols is 1. The number of hydrogen-bond acceptors (Lipinski definition) is 20. The third-order valence-corrected chi connectivity index (χ3v) is 9.53. The van der Waals surface area contributed by atoms with E-state index >= 15 is 0 Å². The molecule has 53 heavy (non-hydrogen) atoms. The first-order chi connectivity index (χ1) is 25.2. The summed E-state index contributed by atoms with van der Waals surface area (Å²) in [5.41, 5.74) is -0.824. The van der Waals surface area contributed by atoms with Crippen molar-refractivity contribution < 1.29 is 93.7 Å². The average Bonchev–Trinajstić information content (AvgIpc) is 3.12. The van der Waals surface area contributed by atoms with Crippen molar-refractivity contribution in [2.75, 3.05) is 26.9 Å². The van der Waals surface area contributed by atoms with Crippen LogP contribution in [-0.4, -0.2) is 175 Å². The number of aryl methyl sites for hydroxylation is 1. The zero-order valence-corrected chi connectivity index (χ0v) is 28.2. The lowest BCUT2D eigenvalue weighted by atomic mass is 9.97. The predicted molar refractivity (Wildman–Crippen MR) is 173 cm³/mol. The molecular weight excluding hydrogens is 716 g/mol. The van der Waals surface area contributed by atoms with E-state index in [1.807, 2.05) is 0 Å². The smallest absolute Gasteiger partial charge is 0.347 e. The second kappa shape index (κ2) is 15.8. The van der Waals surface area contributed by atoms with Gasteiger partial charge in [0.1, 0.15) is 102 Å². The summed E-state index contributed by atoms with van der Waals surface area (Å²) in [6.07, 6.45) is -26.1. The highest BCUT2D eigenvalue weighted by atomic mass is 16.7. The van der Waals surface area contributed by atoms with Gasteiger partial charge >= 0.3 is 5.63 Å². The van der Waals surface area contributed by atoms with Crippen LogP contribution in [0.25, 0.3) is 21.5 Å². The molecule has 0 saturated carbocycles. The lowest BCUT2D eigenvalue weighted by Crippen LogP contribution is -2.65. The molecule has 3 aliphatic rings. The number of aliphatic hydroxyl groups excluding tert-OH is 10. The molecule has 0 spiro atoms. The Hall–Kier alpha value is -3.29. The number of ether oxygens (including phenoxy) is 7. The number of aromatic hydroxyl groups is 1. The fraction of sp³-hybridized carbons (Fsp3) is 0.606. The minimum atomic E-state index is -1.91. The zero-order valence-electron chi connectivity index (χ0n) is 28.2. The summed E-state index contributed by atoms with van der Waals surface area (Å²) < 4.78 is 44.2. The Balaban J connectivity index is 1.22. The monoisotopic (exact) mass is 758 g/mol. The lowest BCUT2D eigenvalue weighted by molar-refractivity contribution is -0.364. The molecule has 3 saturated heterocycles. The number of rotatable bonds is 10. The van der Waals surface area contributed by atoms with Gasteiger partial charge in [-0.2, -0.15) is 0 Å². The highest BCUT2D eigenvalue weighted by Gasteiger charge is 2.52. The topological polar surface area (TPSA) is 317 Å². The van der Waals surface area contributed by atoms with Crippen molar-refractivity contribution in [2.45, 2.75) is 99.0 Å². The van der Waals surface area contributed by atoms with Crippen LogP contribution in [0.15, 0.2) is 33.5 Å². The number of methoxy groups -OCH3 is 1. The normalized spacial score (nSPS) is 37.9. The molecule has 0 amide bonds. The highest BCUT2D eigenvalue weighted by molar-refractivity contribution is 6.07. The predicted octanol–water partition coefficient (Wildman–Crippen LogP) is -4.20. The maximum Gasteiger partial charge on any atom is 0.347 e. The first-order valence-corrected chi connectivity index (χ1v) is 16.5. The van der Waals surface area contributed by atoms with Crippen LogP contribution in [0.3, 0.4) is 0 Å². The Labute approximate surface area is 299 Å². The van der Waals surface area contributed by atoms with E-state index in [-0.39, 0.29) is 22.3 Å². The van der Waals surface area contributed by atoms with Gasteiger partial charge in [0.15, 0.2) is 12.6 Å². The molecule has 0 bridgehead atoms. The van der Waals surface area contributed by atoms with Crippen molar-refractivity contribution in [3.05, 3.63) is 40.4 Å². The molecule has 3 aromatic rings. The van der Waals surface area contributed by atoms with Crippen LogP contribution in [0.2, 0.25) is 0 Å². The highest BCUT2D eigenvalue weighted by Crippen LogP contribution is 2.42. The Morgan fingerprint density at radius 3 is 1.91 bits per heavy atom. The van der Waals surface area contributed by atoms with Gasteiger partial charge in [0.05, 0.1) is 32.3 Å². The molecule has 294 valence electrons. The summed E-state index contributed by atoms with van der Waals surface area (Å²) >= 11 is 0. The second-order valence-corrected chi connectivity index (χ2v) is 13.0. The van der Waals surface area contributed by atoms with Crippen molar-refractivity contribution >= 4 is 21.5 Å². The molecule has 2 aromatic carbocycles. The van der Waals surface area contributed by atoms with Gasteiger partial charge in [-0.25, -0.2) is 4.79 Å². The van der Waals surface area contributed by atoms with Crippen molar-refractivity contribution in [3.8, 4) is 17.2 Å². The van der Waals surface area contributed by atoms with Gasteiger partial charge in [-0.05, 0) is 35.9 Å². The summed E-state index contributed by atoms with van der Waals surface area (Å²) in [5.74, 6) is -0.142. The molecule has 4 heterocycles. The number of hydrogen-bond donors (Lipinski definition) is 11. The number of aliphatic hydroxyl groups is 10. The molecule has 0 unspecified atom stereocenters. The Kier molecular flexibility index (Phi) is 11.8. The third-order valence-electron chi connectivity index (χ3n) is 9.53. The summed E-state index contributed by atoms with van der Waals surface area (Å²) in [5, 5.41) is 116. The molecular formula is C33H42O20. The van der Waals surface area contributed by atoms with Crippen molar-refractivity contribution in [2.24, 2.45) is 0 Å². The van der Waals surface area contributed by atoms with E-state index < -0.39 is 123 Å². The van der Waals surface area contributed by atoms with Crippen LogP contribution in [0.5, 0.6) is 17.2 Å². The van der Waals surface area contributed by atoms with Crippen LogP contribution in [-0.2, 0) is 23.7 Å². The van der Waals surface area contributed by atoms with E-state index in [0.29, 0.717) is 16.5 Å². The fourth-order valence-electron chi connectivity index (χ4n) is 6.62. The molecule has 20 nitrogen and oxygen atoms in total. The minimum absolute atomic E-state index is 0.00330. The summed E-state index contributed by atoms with van der Waals surface area (Å²) in [4.78, 5) is 12.7. The molecule has 1 aromatic heterocycles. The Bertz CT molecular complexity index is 1800. The van der Waals surface area contributed by atoms with E-state index in [0.717, 1.165) is 0 Å². The van der Waals surface area contributed by atoms with Gasteiger partial charge in [-0.3, -0.25) is 0 Å². The minimum Gasteiger partial charge on any atom is -0.506 e. The molecule has 0 aliphatic carbocycles. The molecule has 3 aliphatic heterocycles. The first-order valence-electron chi connectivity index (χ1n) is 16.5. The SMILES string of the molecule is COc1cc(O[C@@H]2O[C@H](CO[C@@H]3O[C@H](CO)[C@@H](O)[C@H](O[C@@H]4O[C@H](CO)[C@@H](O)[C@H](O)[C@H]4O)[C@H]3O)[C@@H](O)[C@H](O)[C@H]2O)c2c(O)c3c(=O)oc(C)cc3cc2c1. The second-order valence-electron chi connectivity index (χ2n) is 13.0. The summed E-state index contributed by atoms with van der Waals surface area (Å²) in [6, 6.07) is 6.01. The van der Waals surface area contributed by atoms with Gasteiger partial charge in [0, 0.05) is 6.07 Å². The molecule has 11 N–H and O–H groups in total. The van der Waals surface area contributed by atoms with E-state index in [1.54, 1.807) is 25.1 Å². The number of fused-ring (bicyclic) bond motifs is 2. The van der Waals surface area contributed by atoms with Gasteiger partial charge in [-0.15, -0.1) is 0 Å². The molecule has 3 fully saturated rings. The van der Waals surface area contributed by atoms with E-state index in [1.165, 1.54) is 13.2 Å². The Morgan fingerprint density at radius 1 is 0.660 bits per heavy atom. The largest absolute Gasteiger partial charge is 0.506 e. The van der Waals surface area contributed by atoms with Crippen LogP contribution >= 0.6 is 0 Å². The van der Waals surface area contributed by atoms with Gasteiger partial charge in [0.25, 0.3) is 0 Å². The van der Waals surface area contributed by atoms with Gasteiger partial charge in [-0.1, -0.05) is 0 Å². The van der Waals surface area contributed by atoms with Gasteiger partial charge < -0.3 is 93.7 Å². The van der Waals surface area contributed by atoms with E-state index in [9.17, 15) is 61.0 Å². The van der Waals surface area contributed by atoms with Gasteiger partial charge in [0.2, 0.25) is 6.29 Å². The molecule has 20 heteroatoms. The molecule has 0 radical (unpaired) electrons. The summed E-state index contributed by atoms with van der Waals surface area (Å²) in [6.45, 7) is -0.741. The van der Waals surface area contributed by atoms with Crippen molar-refractivity contribution in [1.82, 2.24) is 0 Å². The maximum atomic E-state index is 12.7. The van der Waals surface area contributed by atoms with Crippen LogP contribution in [0.4, 0.5) is 0 Å². The molecule has 15 atom stereocenters. The first kappa shape index (κ1) is 39.4. The van der Waals surface area contributed by atoms with Crippen LogP contribution in [0.1, 0.15) is 5.76 Å². The standard InChI is InChI=1S/C33H42O20/c1-10-3-11-4-12-5-13(46-2)6-14(18(12)23(39)19(11)30(45)48-10)49-32-26(42)25(41)21(37)17(52-32)9-47-31-28(44)29(22(38)16(8-35)50-31)53-33-27(43)24(40)20(36)15(7-34)51-33/h3-6,15-17,20-22,24-29,31-44H,7-9H2,1-2H3/t15-,16-,17-,20-,21-,22-,24+,25+,26-,27-,28-,29+,31-,32-,33+/m1/s1. The van der Waals surface area contributed by atoms with Crippen LogP contribution < -0.4 is 15.1 Å². The van der Waals surface area contributed by atoms with Crippen molar-refractivity contribution in [3.63, 3.8) is 0 Å². The quantitative estimate of drug-likeness (QED) is 0.0873. The van der Waals surface area contributed by atoms with E-state index in [2.05, 4.69) is 0 Å². The third kappa shape index (κ3) is 7.42. The van der Waals surface area contributed by atoms with E-state index in [4.69, 9.17) is 37.6 Å². The molecule has 6 rings (SSSR count). The maximum absolute atomic E-state index is 12.7. The number of benzene rings is 2. The Morgan fingerprint density at radius 2 is 1.25 bits per heavy atom. The van der Waals surface area contributed by atoms with Crippen LogP contribution in [0, 0.1) is 6.92 Å². The van der Waals surface area contributed by atoms with Crippen molar-refractivity contribution in [1.29, 1.82) is 0 Å². The summed E-state index contributed by atoms with van der Waals surface area (Å²) in [7, 11) is 1.37. The number of phenolic OH excluding ortho intramolecular Hbond substituents is 1.